The maximum absolute atomic E-state index is 11.3. The number of H-pyrrole nitrogens is 1. The molecule has 2 aromatic rings. The fraction of sp³-hybridized carbons (Fsp3) is 0. The van der Waals surface area contributed by atoms with Crippen LogP contribution in [0.2, 0.25) is 0 Å². The van der Waals surface area contributed by atoms with Gasteiger partial charge in [-0.1, -0.05) is 0 Å². The van der Waals surface area contributed by atoms with E-state index in [2.05, 4.69) is 9.97 Å². The van der Waals surface area contributed by atoms with Crippen molar-refractivity contribution in [2.75, 3.05) is 11.5 Å². The molecule has 0 fully saturated rings. The molecule has 0 saturated carbocycles. The van der Waals surface area contributed by atoms with Gasteiger partial charge in [-0.05, 0) is 30.0 Å². The number of benzene rings is 1. The lowest BCUT2D eigenvalue weighted by atomic mass is 10.3. The molecule has 1 aromatic heterocycles. The van der Waals surface area contributed by atoms with Gasteiger partial charge in [0, 0.05) is 16.6 Å². The summed E-state index contributed by atoms with van der Waals surface area (Å²) >= 11 is 0.981. The van der Waals surface area contributed by atoms with Crippen LogP contribution in [-0.2, 0) is 10.0 Å². The highest BCUT2D eigenvalue weighted by molar-refractivity contribution is 7.99. The van der Waals surface area contributed by atoms with Gasteiger partial charge in [0.05, 0.1) is 4.90 Å². The standard InChI is InChI=1S/C10H11N5O3S2/c11-6-2-1-5(20(13,17)18)3-7(6)19-10-14-8(12)4-9(16)15-10/h1-4H,11H2,(H2,13,17,18)(H3,12,14,15,16). The molecule has 1 aromatic carbocycles. The second-order valence-electron chi connectivity index (χ2n) is 3.82. The lowest BCUT2D eigenvalue weighted by Crippen LogP contribution is -2.12. The second-order valence-corrected chi connectivity index (χ2v) is 6.41. The normalized spacial score (nSPS) is 11.4. The molecule has 0 bridgehead atoms. The van der Waals surface area contributed by atoms with Gasteiger partial charge in [-0.3, -0.25) is 4.79 Å². The Morgan fingerprint density at radius 3 is 2.50 bits per heavy atom. The van der Waals surface area contributed by atoms with E-state index in [0.29, 0.717) is 10.6 Å². The summed E-state index contributed by atoms with van der Waals surface area (Å²) in [5.41, 5.74) is 11.1. The summed E-state index contributed by atoms with van der Waals surface area (Å²) in [7, 11) is -3.84. The van der Waals surface area contributed by atoms with Crippen LogP contribution in [0, 0.1) is 0 Å². The van der Waals surface area contributed by atoms with Crippen LogP contribution in [-0.4, -0.2) is 18.4 Å². The minimum absolute atomic E-state index is 0.0532. The Hall–Kier alpha value is -2.04. The van der Waals surface area contributed by atoms with E-state index in [9.17, 15) is 13.2 Å². The molecule has 0 spiro atoms. The number of nitrogen functional groups attached to an aromatic ring is 2. The molecule has 7 N–H and O–H groups in total. The zero-order chi connectivity index (χ0) is 14.9. The summed E-state index contributed by atoms with van der Waals surface area (Å²) in [5, 5.41) is 5.25. The van der Waals surface area contributed by atoms with Gasteiger partial charge in [0.25, 0.3) is 5.56 Å². The SMILES string of the molecule is Nc1cc(=O)[nH]c(Sc2cc(S(N)(=O)=O)ccc2N)n1. The van der Waals surface area contributed by atoms with Gasteiger partial charge in [-0.2, -0.15) is 0 Å². The lowest BCUT2D eigenvalue weighted by Gasteiger charge is -2.07. The fourth-order valence-electron chi connectivity index (χ4n) is 1.39. The largest absolute Gasteiger partial charge is 0.398 e. The number of anilines is 2. The first-order valence-corrected chi connectivity index (χ1v) is 7.59. The highest BCUT2D eigenvalue weighted by Crippen LogP contribution is 2.31. The van der Waals surface area contributed by atoms with Crippen LogP contribution in [0.4, 0.5) is 11.5 Å². The summed E-state index contributed by atoms with van der Waals surface area (Å²) in [6, 6.07) is 5.14. The molecular formula is C10H11N5O3S2. The summed E-state index contributed by atoms with van der Waals surface area (Å²) in [4.78, 5) is 18.0. The zero-order valence-corrected chi connectivity index (χ0v) is 11.7. The minimum atomic E-state index is -3.84. The Kier molecular flexibility index (Phi) is 3.70. The maximum atomic E-state index is 11.3. The number of sulfonamides is 1. The van der Waals surface area contributed by atoms with Crippen molar-refractivity contribution >= 4 is 33.3 Å². The minimum Gasteiger partial charge on any atom is -0.398 e. The van der Waals surface area contributed by atoms with Crippen molar-refractivity contribution < 1.29 is 8.42 Å². The van der Waals surface area contributed by atoms with Gasteiger partial charge in [-0.15, -0.1) is 0 Å². The van der Waals surface area contributed by atoms with Crippen LogP contribution < -0.4 is 22.2 Å². The molecular weight excluding hydrogens is 302 g/mol. The van der Waals surface area contributed by atoms with E-state index in [4.69, 9.17) is 16.6 Å². The average molecular weight is 313 g/mol. The van der Waals surface area contributed by atoms with Crippen molar-refractivity contribution in [2.24, 2.45) is 5.14 Å². The molecule has 20 heavy (non-hydrogen) atoms. The second kappa shape index (κ2) is 5.15. The van der Waals surface area contributed by atoms with Crippen LogP contribution in [0.25, 0.3) is 0 Å². The van der Waals surface area contributed by atoms with Gasteiger partial charge >= 0.3 is 0 Å². The Morgan fingerprint density at radius 2 is 1.90 bits per heavy atom. The molecule has 2 rings (SSSR count). The number of nitrogens with one attached hydrogen (secondary N) is 1. The monoisotopic (exact) mass is 313 g/mol. The molecule has 0 amide bonds. The first kappa shape index (κ1) is 14.4. The Labute approximate surface area is 118 Å². The van der Waals surface area contributed by atoms with Gasteiger partial charge in [0.2, 0.25) is 10.0 Å². The number of primary sulfonamides is 1. The van der Waals surface area contributed by atoms with Crippen molar-refractivity contribution in [1.29, 1.82) is 0 Å². The van der Waals surface area contributed by atoms with E-state index in [-0.39, 0.29) is 15.9 Å². The van der Waals surface area contributed by atoms with E-state index in [0.717, 1.165) is 17.8 Å². The molecule has 0 aliphatic rings. The first-order valence-electron chi connectivity index (χ1n) is 5.23. The molecule has 0 aliphatic carbocycles. The molecule has 0 aliphatic heterocycles. The molecule has 1 heterocycles. The summed E-state index contributed by atoms with van der Waals surface area (Å²) < 4.78 is 22.6. The third kappa shape index (κ3) is 3.29. The van der Waals surface area contributed by atoms with E-state index >= 15 is 0 Å². The molecule has 0 unspecified atom stereocenters. The summed E-state index contributed by atoms with van der Waals surface area (Å²) in [6.07, 6.45) is 0. The Morgan fingerprint density at radius 1 is 1.20 bits per heavy atom. The molecule has 0 atom stereocenters. The van der Waals surface area contributed by atoms with Crippen molar-refractivity contribution in [3.8, 4) is 0 Å². The fourth-order valence-corrected chi connectivity index (χ4v) is 2.88. The summed E-state index contributed by atoms with van der Waals surface area (Å²) in [6.45, 7) is 0. The zero-order valence-electron chi connectivity index (χ0n) is 10.0. The Bertz CT molecular complexity index is 816. The van der Waals surface area contributed by atoms with Crippen molar-refractivity contribution in [2.45, 2.75) is 14.9 Å². The van der Waals surface area contributed by atoms with Gasteiger partial charge in [-0.25, -0.2) is 18.5 Å². The summed E-state index contributed by atoms with van der Waals surface area (Å²) in [5.74, 6) is 0.0532. The number of hydrogen-bond acceptors (Lipinski definition) is 7. The highest BCUT2D eigenvalue weighted by atomic mass is 32.2. The van der Waals surface area contributed by atoms with Crippen molar-refractivity contribution in [3.63, 3.8) is 0 Å². The Balaban J connectivity index is 2.45. The van der Waals surface area contributed by atoms with Crippen LogP contribution in [0.1, 0.15) is 0 Å². The smallest absolute Gasteiger partial charge is 0.253 e. The number of rotatable bonds is 3. The maximum Gasteiger partial charge on any atom is 0.253 e. The van der Waals surface area contributed by atoms with Gasteiger partial charge in [0.15, 0.2) is 5.16 Å². The molecule has 0 saturated heterocycles. The van der Waals surface area contributed by atoms with E-state index in [1.807, 2.05) is 0 Å². The molecule has 0 radical (unpaired) electrons. The number of aromatic nitrogens is 2. The third-order valence-corrected chi connectivity index (χ3v) is 4.13. The molecule has 10 heteroatoms. The molecule has 106 valence electrons. The number of nitrogens with two attached hydrogens (primary N) is 3. The quantitative estimate of drug-likeness (QED) is 0.448. The third-order valence-electron chi connectivity index (χ3n) is 2.26. The van der Waals surface area contributed by atoms with Gasteiger partial charge < -0.3 is 16.5 Å². The van der Waals surface area contributed by atoms with E-state index in [1.165, 1.54) is 18.2 Å². The van der Waals surface area contributed by atoms with Crippen LogP contribution >= 0.6 is 11.8 Å². The predicted molar refractivity (Wildman–Crippen MR) is 75.6 cm³/mol. The van der Waals surface area contributed by atoms with Crippen LogP contribution in [0.5, 0.6) is 0 Å². The predicted octanol–water partition coefficient (Wildman–Crippen LogP) is -0.267. The number of aromatic amines is 1. The number of nitrogens with zero attached hydrogens (tertiary/aromatic N) is 1. The van der Waals surface area contributed by atoms with Crippen LogP contribution in [0.3, 0.4) is 0 Å². The topological polar surface area (TPSA) is 158 Å². The van der Waals surface area contributed by atoms with Crippen LogP contribution in [0.15, 0.2) is 44.0 Å². The van der Waals surface area contributed by atoms with Crippen molar-refractivity contribution in [3.05, 3.63) is 34.6 Å². The average Bonchev–Trinajstić information content (AvgIpc) is 2.29. The van der Waals surface area contributed by atoms with Gasteiger partial charge in [0.1, 0.15) is 5.82 Å². The van der Waals surface area contributed by atoms with E-state index in [1.54, 1.807) is 0 Å². The first-order chi connectivity index (χ1) is 9.25. The molecule has 8 nitrogen and oxygen atoms in total. The number of hydrogen-bond donors (Lipinski definition) is 4. The van der Waals surface area contributed by atoms with Crippen molar-refractivity contribution in [1.82, 2.24) is 9.97 Å². The lowest BCUT2D eigenvalue weighted by molar-refractivity contribution is 0.597. The van der Waals surface area contributed by atoms with E-state index < -0.39 is 15.6 Å². The highest BCUT2D eigenvalue weighted by Gasteiger charge is 2.12.